The molecule has 1 N–H and O–H groups in total. The van der Waals surface area contributed by atoms with Gasteiger partial charge in [-0.3, -0.25) is 4.79 Å². The zero-order valence-electron chi connectivity index (χ0n) is 17.8. The maximum Gasteiger partial charge on any atom is 0.416 e. The van der Waals surface area contributed by atoms with Gasteiger partial charge in [-0.25, -0.2) is 9.82 Å². The Kier molecular flexibility index (Phi) is 6.11. The van der Waals surface area contributed by atoms with Crippen LogP contribution in [-0.4, -0.2) is 24.2 Å². The van der Waals surface area contributed by atoms with E-state index < -0.39 is 23.5 Å². The van der Waals surface area contributed by atoms with Crippen LogP contribution in [0.1, 0.15) is 67.1 Å². The first-order valence-electron chi connectivity index (χ1n) is 10.1. The van der Waals surface area contributed by atoms with Crippen molar-refractivity contribution < 1.29 is 22.4 Å². The van der Waals surface area contributed by atoms with Crippen molar-refractivity contribution in [2.45, 2.75) is 51.7 Å². The summed E-state index contributed by atoms with van der Waals surface area (Å²) in [5, 5.41) is 3.75. The number of halogens is 4. The SMILES string of the molecule is CCN1c2cc(F)c(/C=N\NC(=O)c3cccc(C(F)(F)F)c3)cc2C(C)CC1(C)C. The minimum Gasteiger partial charge on any atom is -0.366 e. The average Bonchev–Trinajstić information content (AvgIpc) is 2.68. The third-order valence-electron chi connectivity index (χ3n) is 5.64. The number of carbonyl (C=O) groups is 1. The first-order chi connectivity index (χ1) is 14.4. The van der Waals surface area contributed by atoms with Gasteiger partial charge in [0.2, 0.25) is 0 Å². The number of nitrogens with zero attached hydrogens (tertiary/aromatic N) is 2. The lowest BCUT2D eigenvalue weighted by Crippen LogP contribution is -2.48. The number of carbonyl (C=O) groups excluding carboxylic acids is 1. The van der Waals surface area contributed by atoms with Crippen molar-refractivity contribution in [1.82, 2.24) is 5.43 Å². The normalized spacial score (nSPS) is 18.2. The molecule has 2 aromatic carbocycles. The van der Waals surface area contributed by atoms with E-state index in [1.807, 2.05) is 6.92 Å². The summed E-state index contributed by atoms with van der Waals surface area (Å²) in [5.74, 6) is -1.09. The highest BCUT2D eigenvalue weighted by Gasteiger charge is 2.36. The molecule has 1 unspecified atom stereocenters. The number of fused-ring (bicyclic) bond motifs is 1. The standard InChI is InChI=1S/C23H25F4N3O/c1-5-30-20-11-19(24)16(10-18(20)14(2)12-22(30,3)4)13-28-29-21(31)15-7-6-8-17(9-15)23(25,26)27/h6-11,13-14H,5,12H2,1-4H3,(H,29,31)/b28-13-. The quantitative estimate of drug-likeness (QED) is 0.379. The fourth-order valence-corrected chi connectivity index (χ4v) is 4.28. The van der Waals surface area contributed by atoms with Gasteiger partial charge in [-0.2, -0.15) is 18.3 Å². The second kappa shape index (κ2) is 8.32. The number of hydrogen-bond donors (Lipinski definition) is 1. The number of hydrazone groups is 1. The predicted octanol–water partition coefficient (Wildman–Crippen LogP) is 5.72. The number of hydrogen-bond acceptors (Lipinski definition) is 3. The Bertz CT molecular complexity index is 1010. The molecule has 0 bridgehead atoms. The Morgan fingerprint density at radius 1 is 1.29 bits per heavy atom. The fourth-order valence-electron chi connectivity index (χ4n) is 4.28. The van der Waals surface area contributed by atoms with Crippen LogP contribution in [-0.2, 0) is 6.18 Å². The molecule has 0 radical (unpaired) electrons. The topological polar surface area (TPSA) is 44.7 Å². The average molecular weight is 435 g/mol. The van der Waals surface area contributed by atoms with Crippen molar-refractivity contribution in [1.29, 1.82) is 0 Å². The summed E-state index contributed by atoms with van der Waals surface area (Å²) in [6, 6.07) is 7.21. The largest absolute Gasteiger partial charge is 0.416 e. The predicted molar refractivity (Wildman–Crippen MR) is 113 cm³/mol. The second-order valence-corrected chi connectivity index (χ2v) is 8.37. The zero-order chi connectivity index (χ0) is 23.0. The highest BCUT2D eigenvalue weighted by molar-refractivity contribution is 5.95. The van der Waals surface area contributed by atoms with Gasteiger partial charge in [0, 0.05) is 28.9 Å². The summed E-state index contributed by atoms with van der Waals surface area (Å²) >= 11 is 0. The Morgan fingerprint density at radius 3 is 2.65 bits per heavy atom. The van der Waals surface area contributed by atoms with Gasteiger partial charge in [-0.1, -0.05) is 13.0 Å². The maximum atomic E-state index is 14.7. The van der Waals surface area contributed by atoms with Crippen LogP contribution in [0.4, 0.5) is 23.2 Å². The summed E-state index contributed by atoms with van der Waals surface area (Å²) in [6.07, 6.45) is -2.48. The Balaban J connectivity index is 1.81. The molecule has 3 rings (SSSR count). The minimum atomic E-state index is -4.55. The monoisotopic (exact) mass is 435 g/mol. The Labute approximate surface area is 178 Å². The van der Waals surface area contributed by atoms with Gasteiger partial charge in [0.1, 0.15) is 5.82 Å². The van der Waals surface area contributed by atoms with Gasteiger partial charge in [-0.05, 0) is 69.0 Å². The van der Waals surface area contributed by atoms with Crippen LogP contribution in [0.15, 0.2) is 41.5 Å². The van der Waals surface area contributed by atoms with Crippen LogP contribution in [0.5, 0.6) is 0 Å². The Morgan fingerprint density at radius 2 is 2.00 bits per heavy atom. The number of rotatable bonds is 4. The van der Waals surface area contributed by atoms with E-state index in [1.54, 1.807) is 6.07 Å². The van der Waals surface area contributed by atoms with Crippen molar-refractivity contribution in [3.8, 4) is 0 Å². The van der Waals surface area contributed by atoms with Crippen LogP contribution in [0.2, 0.25) is 0 Å². The molecule has 1 heterocycles. The molecule has 166 valence electrons. The van der Waals surface area contributed by atoms with Gasteiger partial charge in [-0.15, -0.1) is 0 Å². The molecular weight excluding hydrogens is 410 g/mol. The first kappa shape index (κ1) is 22.8. The van der Waals surface area contributed by atoms with Crippen molar-refractivity contribution in [3.05, 3.63) is 64.5 Å². The number of benzene rings is 2. The van der Waals surface area contributed by atoms with Crippen molar-refractivity contribution in [3.63, 3.8) is 0 Å². The smallest absolute Gasteiger partial charge is 0.366 e. The fraction of sp³-hybridized carbons (Fsp3) is 0.391. The molecule has 0 saturated heterocycles. The minimum absolute atomic E-state index is 0.0951. The third-order valence-corrected chi connectivity index (χ3v) is 5.64. The maximum absolute atomic E-state index is 14.7. The molecule has 31 heavy (non-hydrogen) atoms. The van der Waals surface area contributed by atoms with Crippen LogP contribution in [0.3, 0.4) is 0 Å². The van der Waals surface area contributed by atoms with Gasteiger partial charge in [0.05, 0.1) is 11.8 Å². The summed E-state index contributed by atoms with van der Waals surface area (Å²) in [4.78, 5) is 14.3. The lowest BCUT2D eigenvalue weighted by molar-refractivity contribution is -0.137. The lowest BCUT2D eigenvalue weighted by atomic mass is 9.79. The van der Waals surface area contributed by atoms with E-state index in [-0.39, 0.29) is 22.6 Å². The van der Waals surface area contributed by atoms with Gasteiger partial charge >= 0.3 is 6.18 Å². The van der Waals surface area contributed by atoms with E-state index in [2.05, 4.69) is 36.2 Å². The molecule has 1 aliphatic rings. The van der Waals surface area contributed by atoms with Crippen molar-refractivity contribution in [2.75, 3.05) is 11.4 Å². The molecule has 2 aromatic rings. The third kappa shape index (κ3) is 4.73. The molecule has 0 saturated carbocycles. The van der Waals surface area contributed by atoms with Crippen molar-refractivity contribution in [2.24, 2.45) is 5.10 Å². The number of alkyl halides is 3. The van der Waals surface area contributed by atoms with Crippen LogP contribution >= 0.6 is 0 Å². The summed E-state index contributed by atoms with van der Waals surface area (Å²) in [7, 11) is 0. The number of nitrogens with one attached hydrogen (secondary N) is 1. The van der Waals surface area contributed by atoms with E-state index in [0.29, 0.717) is 0 Å². The molecule has 0 aliphatic carbocycles. The highest BCUT2D eigenvalue weighted by atomic mass is 19.4. The number of amides is 1. The molecule has 1 amide bonds. The summed E-state index contributed by atoms with van der Waals surface area (Å²) in [6.45, 7) is 9.12. The molecular formula is C23H25F4N3O. The molecule has 0 aromatic heterocycles. The second-order valence-electron chi connectivity index (χ2n) is 8.37. The molecule has 0 fully saturated rings. The molecule has 4 nitrogen and oxygen atoms in total. The van der Waals surface area contributed by atoms with Gasteiger partial charge in [0.15, 0.2) is 0 Å². The van der Waals surface area contributed by atoms with Gasteiger partial charge < -0.3 is 4.90 Å². The van der Waals surface area contributed by atoms with E-state index in [0.717, 1.165) is 42.4 Å². The molecule has 1 atom stereocenters. The van der Waals surface area contributed by atoms with Crippen LogP contribution < -0.4 is 10.3 Å². The number of anilines is 1. The molecule has 0 spiro atoms. The zero-order valence-corrected chi connectivity index (χ0v) is 17.8. The Hall–Kier alpha value is -2.90. The van der Waals surface area contributed by atoms with E-state index in [4.69, 9.17) is 0 Å². The highest BCUT2D eigenvalue weighted by Crippen LogP contribution is 2.43. The van der Waals surface area contributed by atoms with E-state index in [1.165, 1.54) is 18.3 Å². The van der Waals surface area contributed by atoms with Crippen LogP contribution in [0, 0.1) is 5.82 Å². The van der Waals surface area contributed by atoms with Crippen LogP contribution in [0.25, 0.3) is 0 Å². The van der Waals surface area contributed by atoms with Gasteiger partial charge in [0.25, 0.3) is 5.91 Å². The lowest BCUT2D eigenvalue weighted by Gasteiger charge is -2.47. The van der Waals surface area contributed by atoms with E-state index >= 15 is 0 Å². The first-order valence-corrected chi connectivity index (χ1v) is 10.1. The summed E-state index contributed by atoms with van der Waals surface area (Å²) < 4.78 is 53.2. The van der Waals surface area contributed by atoms with Crippen molar-refractivity contribution >= 4 is 17.8 Å². The molecule has 1 aliphatic heterocycles. The van der Waals surface area contributed by atoms with E-state index in [9.17, 15) is 22.4 Å². The summed E-state index contributed by atoms with van der Waals surface area (Å²) in [5.41, 5.74) is 2.99. The molecule has 8 heteroatoms.